The van der Waals surface area contributed by atoms with Crippen molar-refractivity contribution in [2.24, 2.45) is 10.7 Å². The predicted octanol–water partition coefficient (Wildman–Crippen LogP) is 3.08. The van der Waals surface area contributed by atoms with Gasteiger partial charge in [-0.3, -0.25) is 0 Å². The summed E-state index contributed by atoms with van der Waals surface area (Å²) in [7, 11) is 0. The number of hydrogen-bond acceptors (Lipinski definition) is 1. The predicted molar refractivity (Wildman–Crippen MR) is 72.9 cm³/mol. The molecule has 4 heteroatoms. The van der Waals surface area contributed by atoms with E-state index in [1.54, 1.807) is 0 Å². The van der Waals surface area contributed by atoms with Crippen molar-refractivity contribution in [3.8, 4) is 0 Å². The molecule has 0 aromatic heterocycles. The van der Waals surface area contributed by atoms with Crippen LogP contribution in [0.25, 0.3) is 0 Å². The second kappa shape index (κ2) is 5.41. The zero-order chi connectivity index (χ0) is 12.3. The van der Waals surface area contributed by atoms with E-state index in [9.17, 15) is 0 Å². The maximum atomic E-state index is 6.03. The maximum Gasteiger partial charge on any atom is 0.196 e. The number of nitrogens with two attached hydrogens (primary N) is 1. The quantitative estimate of drug-likeness (QED) is 0.616. The van der Waals surface area contributed by atoms with Crippen LogP contribution in [0.1, 0.15) is 24.8 Å². The molecule has 0 radical (unpaired) electrons. The topological polar surface area (TPSA) is 41.6 Å². The Kier molecular flexibility index (Phi) is 3.89. The second-order valence-corrected chi connectivity index (χ2v) is 4.88. The van der Waals surface area contributed by atoms with Gasteiger partial charge in [0.1, 0.15) is 0 Å². The van der Waals surface area contributed by atoms with Gasteiger partial charge in [0.05, 0.1) is 5.69 Å². The molecular formula is C13H18ClN3. The smallest absolute Gasteiger partial charge is 0.196 e. The first kappa shape index (κ1) is 12.2. The molecule has 2 N–H and O–H groups in total. The monoisotopic (exact) mass is 251 g/mol. The third-order valence-corrected chi connectivity index (χ3v) is 3.32. The zero-order valence-corrected chi connectivity index (χ0v) is 10.9. The first-order valence-corrected chi connectivity index (χ1v) is 6.40. The molecular weight excluding hydrogens is 234 g/mol. The van der Waals surface area contributed by atoms with Gasteiger partial charge in [0.2, 0.25) is 0 Å². The molecule has 0 saturated carbocycles. The number of nitrogens with zero attached hydrogens (tertiary/aromatic N) is 2. The van der Waals surface area contributed by atoms with Gasteiger partial charge in [0, 0.05) is 18.1 Å². The number of likely N-dealkylation sites (tertiary alicyclic amines) is 1. The lowest BCUT2D eigenvalue weighted by Crippen LogP contribution is -2.40. The highest BCUT2D eigenvalue weighted by atomic mass is 35.5. The van der Waals surface area contributed by atoms with Crippen LogP contribution in [0.15, 0.2) is 23.2 Å². The fourth-order valence-corrected chi connectivity index (χ4v) is 2.19. The number of hydrogen-bond donors (Lipinski definition) is 1. The Bertz CT molecular complexity index is 423. The number of aliphatic imine (C=N–C) groups is 1. The van der Waals surface area contributed by atoms with Crippen LogP contribution in [0.4, 0.5) is 5.69 Å². The lowest BCUT2D eigenvalue weighted by atomic mass is 10.1. The van der Waals surface area contributed by atoms with Crippen molar-refractivity contribution in [3.63, 3.8) is 0 Å². The molecule has 1 aliphatic heterocycles. The highest BCUT2D eigenvalue weighted by molar-refractivity contribution is 6.30. The lowest BCUT2D eigenvalue weighted by Gasteiger charge is -2.27. The minimum absolute atomic E-state index is 0.607. The van der Waals surface area contributed by atoms with E-state index >= 15 is 0 Å². The molecule has 0 atom stereocenters. The van der Waals surface area contributed by atoms with Crippen LogP contribution in [0.3, 0.4) is 0 Å². The van der Waals surface area contributed by atoms with Crippen molar-refractivity contribution in [2.45, 2.75) is 26.2 Å². The molecule has 1 aromatic rings. The normalized spacial score (nSPS) is 17.3. The van der Waals surface area contributed by atoms with E-state index in [4.69, 9.17) is 17.3 Å². The Morgan fingerprint density at radius 3 is 2.71 bits per heavy atom. The van der Waals surface area contributed by atoms with Crippen LogP contribution in [-0.2, 0) is 0 Å². The van der Waals surface area contributed by atoms with Crippen molar-refractivity contribution in [2.75, 3.05) is 13.1 Å². The molecule has 0 aliphatic carbocycles. The van der Waals surface area contributed by atoms with E-state index < -0.39 is 0 Å². The summed E-state index contributed by atoms with van der Waals surface area (Å²) in [6.07, 6.45) is 3.69. The largest absolute Gasteiger partial charge is 0.369 e. The van der Waals surface area contributed by atoms with Gasteiger partial charge in [-0.15, -0.1) is 0 Å². The second-order valence-electron chi connectivity index (χ2n) is 4.45. The summed E-state index contributed by atoms with van der Waals surface area (Å²) in [5.74, 6) is 0.607. The van der Waals surface area contributed by atoms with Gasteiger partial charge < -0.3 is 10.6 Å². The SMILES string of the molecule is Cc1ccc(Cl)cc1N=C(N)N1CCCCC1. The summed E-state index contributed by atoms with van der Waals surface area (Å²) in [6, 6.07) is 5.69. The van der Waals surface area contributed by atoms with Gasteiger partial charge in [-0.25, -0.2) is 4.99 Å². The van der Waals surface area contributed by atoms with Crippen LogP contribution < -0.4 is 5.73 Å². The summed E-state index contributed by atoms with van der Waals surface area (Å²) in [6.45, 7) is 4.03. The molecule has 0 unspecified atom stereocenters. The fraction of sp³-hybridized carbons (Fsp3) is 0.462. The Hall–Kier alpha value is -1.22. The van der Waals surface area contributed by atoms with Crippen molar-refractivity contribution < 1.29 is 0 Å². The van der Waals surface area contributed by atoms with Crippen LogP contribution in [0, 0.1) is 6.92 Å². The highest BCUT2D eigenvalue weighted by Crippen LogP contribution is 2.23. The van der Waals surface area contributed by atoms with E-state index in [1.807, 2.05) is 25.1 Å². The van der Waals surface area contributed by atoms with Gasteiger partial charge in [-0.2, -0.15) is 0 Å². The van der Waals surface area contributed by atoms with Gasteiger partial charge in [0.25, 0.3) is 0 Å². The average Bonchev–Trinajstić information content (AvgIpc) is 2.35. The zero-order valence-electron chi connectivity index (χ0n) is 10.1. The Balaban J connectivity index is 2.19. The maximum absolute atomic E-state index is 6.03. The molecule has 92 valence electrons. The summed E-state index contributed by atoms with van der Waals surface area (Å²) in [5, 5.41) is 0.695. The molecule has 1 fully saturated rings. The van der Waals surface area contributed by atoms with Gasteiger partial charge in [0.15, 0.2) is 5.96 Å². The Morgan fingerprint density at radius 2 is 2.00 bits per heavy atom. The molecule has 0 spiro atoms. The van der Waals surface area contributed by atoms with Gasteiger partial charge in [-0.1, -0.05) is 17.7 Å². The summed E-state index contributed by atoms with van der Waals surface area (Å²) in [5.41, 5.74) is 7.99. The summed E-state index contributed by atoms with van der Waals surface area (Å²) >= 11 is 5.96. The first-order valence-electron chi connectivity index (χ1n) is 6.02. The third-order valence-electron chi connectivity index (χ3n) is 3.09. The number of rotatable bonds is 1. The molecule has 0 bridgehead atoms. The standard InChI is InChI=1S/C13H18ClN3/c1-10-5-6-11(14)9-12(10)16-13(15)17-7-3-2-4-8-17/h5-6,9H,2-4,7-8H2,1H3,(H2,15,16). The summed E-state index contributed by atoms with van der Waals surface area (Å²) < 4.78 is 0. The van der Waals surface area contributed by atoms with Crippen LogP contribution in [0.5, 0.6) is 0 Å². The van der Waals surface area contributed by atoms with Crippen molar-refractivity contribution in [1.29, 1.82) is 0 Å². The number of piperidine rings is 1. The highest BCUT2D eigenvalue weighted by Gasteiger charge is 2.12. The van der Waals surface area contributed by atoms with E-state index in [0.29, 0.717) is 11.0 Å². The van der Waals surface area contributed by atoms with E-state index in [2.05, 4.69) is 9.89 Å². The number of halogens is 1. The van der Waals surface area contributed by atoms with Crippen LogP contribution >= 0.6 is 11.6 Å². The van der Waals surface area contributed by atoms with Crippen LogP contribution in [0.2, 0.25) is 5.02 Å². The molecule has 1 aromatic carbocycles. The van der Waals surface area contributed by atoms with E-state index in [1.165, 1.54) is 19.3 Å². The molecule has 2 rings (SSSR count). The van der Waals surface area contributed by atoms with Gasteiger partial charge in [-0.05, 0) is 43.9 Å². The Labute approximate surface area is 107 Å². The molecule has 1 heterocycles. The molecule has 0 amide bonds. The van der Waals surface area contributed by atoms with Crippen LogP contribution in [-0.4, -0.2) is 23.9 Å². The lowest BCUT2D eigenvalue weighted by molar-refractivity contribution is 0.339. The Morgan fingerprint density at radius 1 is 1.29 bits per heavy atom. The molecule has 17 heavy (non-hydrogen) atoms. The number of guanidine groups is 1. The summed E-state index contributed by atoms with van der Waals surface area (Å²) in [4.78, 5) is 6.62. The minimum atomic E-state index is 0.607. The molecule has 1 saturated heterocycles. The minimum Gasteiger partial charge on any atom is -0.369 e. The first-order chi connectivity index (χ1) is 8.16. The molecule has 1 aliphatic rings. The fourth-order valence-electron chi connectivity index (χ4n) is 2.02. The number of aryl methyl sites for hydroxylation is 1. The van der Waals surface area contributed by atoms with Gasteiger partial charge >= 0.3 is 0 Å². The molecule has 3 nitrogen and oxygen atoms in total. The average molecular weight is 252 g/mol. The third kappa shape index (κ3) is 3.13. The van der Waals surface area contributed by atoms with Crippen molar-refractivity contribution in [1.82, 2.24) is 4.90 Å². The van der Waals surface area contributed by atoms with Crippen molar-refractivity contribution in [3.05, 3.63) is 28.8 Å². The van der Waals surface area contributed by atoms with E-state index in [0.717, 1.165) is 24.3 Å². The van der Waals surface area contributed by atoms with Crippen molar-refractivity contribution >= 4 is 23.2 Å². The number of benzene rings is 1. The van der Waals surface area contributed by atoms with E-state index in [-0.39, 0.29) is 0 Å².